The van der Waals surface area contributed by atoms with Gasteiger partial charge in [-0.2, -0.15) is 0 Å². The van der Waals surface area contributed by atoms with E-state index >= 15 is 0 Å². The van der Waals surface area contributed by atoms with E-state index in [0.29, 0.717) is 25.7 Å². The molecule has 0 aliphatic rings. The van der Waals surface area contributed by atoms with Gasteiger partial charge in [0.1, 0.15) is 18.1 Å². The number of rotatable bonds is 36. The first kappa shape index (κ1) is 53.7. The van der Waals surface area contributed by atoms with Gasteiger partial charge in [0.15, 0.2) is 6.10 Å². The molecule has 0 radical (unpaired) electrons. The van der Waals surface area contributed by atoms with Crippen molar-refractivity contribution >= 4 is 19.8 Å². The summed E-state index contributed by atoms with van der Waals surface area (Å²) in [6.45, 7) is 7.66. The molecule has 1 aromatic rings. The zero-order valence-corrected chi connectivity index (χ0v) is 37.4. The second-order valence-electron chi connectivity index (χ2n) is 14.6. The number of hydrogen-bond acceptors (Lipinski definition) is 10. The quantitative estimate of drug-likeness (QED) is 0.0193. The van der Waals surface area contributed by atoms with Crippen LogP contribution >= 0.6 is 7.82 Å². The summed E-state index contributed by atoms with van der Waals surface area (Å²) in [6, 6.07) is 0. The zero-order valence-electron chi connectivity index (χ0n) is 36.5. The molecule has 3 atom stereocenters. The first-order valence-electron chi connectivity index (χ1n) is 21.9. The van der Waals surface area contributed by atoms with Gasteiger partial charge in [-0.15, -0.1) is 0 Å². The number of furan rings is 1. The fourth-order valence-corrected chi connectivity index (χ4v) is 6.63. The van der Waals surface area contributed by atoms with Crippen molar-refractivity contribution in [2.75, 3.05) is 26.4 Å². The third kappa shape index (κ3) is 29.5. The summed E-state index contributed by atoms with van der Waals surface area (Å²) in [5.74, 6) is 1.25. The van der Waals surface area contributed by atoms with Gasteiger partial charge in [0.05, 0.1) is 19.3 Å². The van der Waals surface area contributed by atoms with E-state index in [1.165, 1.54) is 24.0 Å². The molecule has 0 aromatic carbocycles. The fraction of sp³-hybridized carbons (Fsp3) is 0.617. The summed E-state index contributed by atoms with van der Waals surface area (Å²) >= 11 is 0. The summed E-state index contributed by atoms with van der Waals surface area (Å²) in [6.07, 6.45) is 38.1. The fourth-order valence-electron chi connectivity index (χ4n) is 5.86. The van der Waals surface area contributed by atoms with Gasteiger partial charge < -0.3 is 29.6 Å². The molecule has 59 heavy (non-hydrogen) atoms. The highest BCUT2D eigenvalue weighted by Crippen LogP contribution is 2.43. The Labute approximate surface area is 355 Å². The van der Waals surface area contributed by atoms with Gasteiger partial charge in [-0.05, 0) is 82.8 Å². The number of aliphatic hydroxyl groups excluding tert-OH is 1. The van der Waals surface area contributed by atoms with Crippen molar-refractivity contribution in [3.8, 4) is 0 Å². The maximum atomic E-state index is 12.7. The van der Waals surface area contributed by atoms with E-state index in [4.69, 9.17) is 28.7 Å². The van der Waals surface area contributed by atoms with Crippen LogP contribution in [0.15, 0.2) is 77.3 Å². The maximum absolute atomic E-state index is 12.7. The Morgan fingerprint density at radius 1 is 0.729 bits per heavy atom. The molecule has 0 aliphatic heterocycles. The Kier molecular flexibility index (Phi) is 32.3. The Hall–Kier alpha value is -3.31. The molecule has 2 unspecified atom stereocenters. The average Bonchev–Trinajstić information content (AvgIpc) is 3.48. The van der Waals surface area contributed by atoms with Gasteiger partial charge in [0.25, 0.3) is 0 Å². The van der Waals surface area contributed by atoms with E-state index < -0.39 is 38.6 Å². The van der Waals surface area contributed by atoms with Crippen LogP contribution in [0, 0.1) is 13.8 Å². The molecule has 334 valence electrons. The minimum atomic E-state index is -4.43. The van der Waals surface area contributed by atoms with Crippen molar-refractivity contribution in [1.29, 1.82) is 0 Å². The number of aryl methyl sites for hydroxylation is 2. The lowest BCUT2D eigenvalue weighted by Crippen LogP contribution is -2.29. The van der Waals surface area contributed by atoms with Crippen LogP contribution in [0.2, 0.25) is 0 Å². The van der Waals surface area contributed by atoms with Crippen molar-refractivity contribution in [3.63, 3.8) is 0 Å². The number of allylic oxidation sites excluding steroid dienone is 10. The molecule has 12 heteroatoms. The summed E-state index contributed by atoms with van der Waals surface area (Å²) in [5, 5.41) is 10.0. The van der Waals surface area contributed by atoms with Crippen LogP contribution in [0.1, 0.15) is 146 Å². The third-order valence-electron chi connectivity index (χ3n) is 9.40. The Balaban J connectivity index is 2.36. The zero-order chi connectivity index (χ0) is 43.4. The predicted octanol–water partition coefficient (Wildman–Crippen LogP) is 10.9. The van der Waals surface area contributed by atoms with Crippen LogP contribution in [0.3, 0.4) is 0 Å². The van der Waals surface area contributed by atoms with E-state index in [9.17, 15) is 24.2 Å². The monoisotopic (exact) mass is 846 g/mol. The molecule has 4 N–H and O–H groups in total. The summed E-state index contributed by atoms with van der Waals surface area (Å²) in [5.41, 5.74) is 7.92. The number of ether oxygens (including phenoxy) is 2. The largest absolute Gasteiger partial charge is 0.472 e. The number of phosphoric acid groups is 1. The van der Waals surface area contributed by atoms with E-state index in [1.54, 1.807) is 6.08 Å². The van der Waals surface area contributed by atoms with Gasteiger partial charge in [-0.25, -0.2) is 4.57 Å². The second-order valence-corrected chi connectivity index (χ2v) is 16.1. The smallest absolute Gasteiger partial charge is 0.466 e. The number of carbonyl (C=O) groups excluding carboxylic acids is 2. The molecule has 0 amide bonds. The molecule has 11 nitrogen and oxygen atoms in total. The van der Waals surface area contributed by atoms with Crippen molar-refractivity contribution in [2.24, 2.45) is 5.73 Å². The van der Waals surface area contributed by atoms with Crippen molar-refractivity contribution in [2.45, 2.75) is 162 Å². The highest BCUT2D eigenvalue weighted by Gasteiger charge is 2.26. The van der Waals surface area contributed by atoms with Crippen LogP contribution in [-0.2, 0) is 45.5 Å². The number of phosphoric ester groups is 1. The van der Waals surface area contributed by atoms with E-state index in [0.717, 1.165) is 82.1 Å². The first-order chi connectivity index (χ1) is 28.5. The molecule has 1 heterocycles. The number of hydrogen-bond donors (Lipinski definition) is 3. The van der Waals surface area contributed by atoms with Crippen molar-refractivity contribution in [1.82, 2.24) is 0 Å². The number of esters is 2. The van der Waals surface area contributed by atoms with Crippen molar-refractivity contribution < 1.29 is 47.1 Å². The molecule has 0 fully saturated rings. The number of nitrogens with two attached hydrogens (primary N) is 1. The Morgan fingerprint density at radius 2 is 1.34 bits per heavy atom. The lowest BCUT2D eigenvalue weighted by Gasteiger charge is -2.19. The molecule has 1 aromatic heterocycles. The van der Waals surface area contributed by atoms with Crippen LogP contribution in [-0.4, -0.2) is 60.5 Å². The summed E-state index contributed by atoms with van der Waals surface area (Å²) in [7, 11) is -4.43. The van der Waals surface area contributed by atoms with Crippen molar-refractivity contribution in [3.05, 3.63) is 95.6 Å². The van der Waals surface area contributed by atoms with Gasteiger partial charge >= 0.3 is 19.8 Å². The number of unbranched alkanes of at least 4 members (excludes halogenated alkanes) is 7. The van der Waals surface area contributed by atoms with E-state index in [2.05, 4.69) is 45.9 Å². The minimum Gasteiger partial charge on any atom is -0.466 e. The Bertz CT molecular complexity index is 1490. The molecule has 0 spiro atoms. The van der Waals surface area contributed by atoms with E-state index in [1.807, 2.05) is 48.6 Å². The minimum absolute atomic E-state index is 0.0241. The van der Waals surface area contributed by atoms with Crippen LogP contribution in [0.25, 0.3) is 0 Å². The average molecular weight is 846 g/mol. The third-order valence-corrected chi connectivity index (χ3v) is 10.4. The SMILES string of the molecule is CC/C=C\C/C=C\CC(O)/C=C/C=C\C/C=C\C/C=C\CCC(=O)OC[C@H](COP(=O)(O)OCCN)OC(=O)CCCCCCCCc1oc(CCCCC)c(C)c1C. The van der Waals surface area contributed by atoms with Gasteiger partial charge in [0, 0.05) is 32.2 Å². The Morgan fingerprint density at radius 3 is 2.02 bits per heavy atom. The number of carbonyl (C=O) groups is 2. The summed E-state index contributed by atoms with van der Waals surface area (Å²) < 4.78 is 38.9. The van der Waals surface area contributed by atoms with Gasteiger partial charge in [0.2, 0.25) is 0 Å². The lowest BCUT2D eigenvalue weighted by molar-refractivity contribution is -0.161. The first-order valence-corrected chi connectivity index (χ1v) is 23.4. The molecule has 0 aliphatic carbocycles. The van der Waals surface area contributed by atoms with Gasteiger partial charge in [-0.1, -0.05) is 125 Å². The molecular weight excluding hydrogens is 769 g/mol. The second kappa shape index (κ2) is 35.4. The molecular formula is C47H76NO10P. The number of aliphatic hydroxyl groups is 1. The maximum Gasteiger partial charge on any atom is 0.472 e. The highest BCUT2D eigenvalue weighted by atomic mass is 31.2. The molecule has 0 saturated carbocycles. The van der Waals surface area contributed by atoms with Crippen LogP contribution < -0.4 is 5.73 Å². The molecule has 0 bridgehead atoms. The summed E-state index contributed by atoms with van der Waals surface area (Å²) in [4.78, 5) is 35.0. The molecule has 0 saturated heterocycles. The van der Waals surface area contributed by atoms with Crippen LogP contribution in [0.5, 0.6) is 0 Å². The molecule has 1 rings (SSSR count). The topological polar surface area (TPSA) is 168 Å². The predicted molar refractivity (Wildman–Crippen MR) is 238 cm³/mol. The standard InChI is InChI=1S/C47H76NO10P/c1-5-7-9-10-19-25-30-42(49)31-26-20-15-13-11-12-14-16-22-28-34-46(50)54-38-43(39-56-59(52,53)55-37-36-48)57-47(51)35-29-23-18-17-21-27-33-45-41(4)40(3)44(58-45)32-24-8-6-2/h7,9,11-12,15-16,19-20,22,25-26,31,42-43,49H,5-6,8,10,13-14,17-18,21,23-24,27-30,32-39,48H2,1-4H3,(H,52,53)/b9-7-,12-11-,20-15-,22-16-,25-19-,31-26+/t42?,43-/m1/s1. The normalized spacial score (nSPS) is 14.5. The highest BCUT2D eigenvalue weighted by molar-refractivity contribution is 7.47. The van der Waals surface area contributed by atoms with Crippen LogP contribution in [0.4, 0.5) is 0 Å². The lowest BCUT2D eigenvalue weighted by atomic mass is 10.0. The van der Waals surface area contributed by atoms with Gasteiger partial charge in [-0.3, -0.25) is 18.6 Å². The van der Waals surface area contributed by atoms with E-state index in [-0.39, 0.29) is 32.6 Å².